The molecule has 0 atom stereocenters. The van der Waals surface area contributed by atoms with E-state index in [4.69, 9.17) is 9.84 Å². The topological polar surface area (TPSA) is 49.8 Å². The maximum Gasteiger partial charge on any atom is 0.309 e. The van der Waals surface area contributed by atoms with Crippen molar-refractivity contribution < 1.29 is 14.6 Å². The van der Waals surface area contributed by atoms with Crippen molar-refractivity contribution in [3.05, 3.63) is 0 Å². The van der Waals surface area contributed by atoms with E-state index >= 15 is 0 Å². The van der Waals surface area contributed by atoms with Crippen molar-refractivity contribution in [3.63, 3.8) is 0 Å². The Kier molecular flexibility index (Phi) is 2.51. The van der Waals surface area contributed by atoms with Gasteiger partial charge in [0.2, 0.25) is 0 Å². The van der Waals surface area contributed by atoms with Gasteiger partial charge in [0.1, 0.15) is 0 Å². The molecular formula is C9H15NO3. The minimum absolute atomic E-state index is 0.122. The van der Waals surface area contributed by atoms with Crippen LogP contribution in [-0.2, 0) is 9.53 Å². The standard InChI is InChI=1S/C9H15NO3/c11-9(12)7-5-10(6-7)8-1-3-13-4-2-8/h7-8H,1-6H2,(H,11,12). The summed E-state index contributed by atoms with van der Waals surface area (Å²) in [7, 11) is 0. The van der Waals surface area contributed by atoms with Crippen LogP contribution in [0, 0.1) is 5.92 Å². The molecular weight excluding hydrogens is 170 g/mol. The molecule has 0 aromatic carbocycles. The zero-order chi connectivity index (χ0) is 9.26. The highest BCUT2D eigenvalue weighted by Gasteiger charge is 2.36. The third-order valence-corrected chi connectivity index (χ3v) is 2.97. The Morgan fingerprint density at radius 1 is 1.31 bits per heavy atom. The van der Waals surface area contributed by atoms with Crippen LogP contribution in [0.25, 0.3) is 0 Å². The van der Waals surface area contributed by atoms with Crippen molar-refractivity contribution >= 4 is 5.97 Å². The lowest BCUT2D eigenvalue weighted by molar-refractivity contribution is -0.149. The molecule has 0 saturated carbocycles. The number of likely N-dealkylation sites (tertiary alicyclic amines) is 1. The van der Waals surface area contributed by atoms with E-state index in [0.29, 0.717) is 6.04 Å². The summed E-state index contributed by atoms with van der Waals surface area (Å²) < 4.78 is 5.25. The van der Waals surface area contributed by atoms with Gasteiger partial charge in [-0.1, -0.05) is 0 Å². The van der Waals surface area contributed by atoms with Gasteiger partial charge in [0, 0.05) is 32.3 Å². The summed E-state index contributed by atoms with van der Waals surface area (Å²) in [4.78, 5) is 12.8. The van der Waals surface area contributed by atoms with Gasteiger partial charge in [0.25, 0.3) is 0 Å². The number of carboxylic acid groups (broad SMARTS) is 1. The first-order valence-corrected chi connectivity index (χ1v) is 4.82. The Balaban J connectivity index is 1.75. The zero-order valence-electron chi connectivity index (χ0n) is 7.61. The Hall–Kier alpha value is -0.610. The Morgan fingerprint density at radius 2 is 1.92 bits per heavy atom. The van der Waals surface area contributed by atoms with Gasteiger partial charge in [-0.05, 0) is 12.8 Å². The Morgan fingerprint density at radius 3 is 2.46 bits per heavy atom. The molecule has 74 valence electrons. The Labute approximate surface area is 77.5 Å². The van der Waals surface area contributed by atoms with E-state index in [1.54, 1.807) is 0 Å². The van der Waals surface area contributed by atoms with Gasteiger partial charge in [-0.2, -0.15) is 0 Å². The van der Waals surface area contributed by atoms with Crippen molar-refractivity contribution in [3.8, 4) is 0 Å². The third-order valence-electron chi connectivity index (χ3n) is 2.97. The first kappa shape index (κ1) is 8.97. The first-order valence-electron chi connectivity index (χ1n) is 4.82. The van der Waals surface area contributed by atoms with Gasteiger partial charge in [-0.15, -0.1) is 0 Å². The average molecular weight is 185 g/mol. The monoisotopic (exact) mass is 185 g/mol. The highest BCUT2D eigenvalue weighted by molar-refractivity contribution is 5.71. The molecule has 0 bridgehead atoms. The van der Waals surface area contributed by atoms with Crippen LogP contribution < -0.4 is 0 Å². The molecule has 13 heavy (non-hydrogen) atoms. The number of carboxylic acids is 1. The average Bonchev–Trinajstić information content (AvgIpc) is 2.02. The summed E-state index contributed by atoms with van der Waals surface area (Å²) in [5.41, 5.74) is 0. The van der Waals surface area contributed by atoms with Crippen molar-refractivity contribution in [2.45, 2.75) is 18.9 Å². The maximum atomic E-state index is 10.6. The number of ether oxygens (including phenoxy) is 1. The quantitative estimate of drug-likeness (QED) is 0.667. The molecule has 2 aliphatic rings. The molecule has 4 nitrogen and oxygen atoms in total. The number of aliphatic carboxylic acids is 1. The van der Waals surface area contributed by atoms with Gasteiger partial charge in [-0.3, -0.25) is 9.69 Å². The van der Waals surface area contributed by atoms with E-state index in [-0.39, 0.29) is 5.92 Å². The highest BCUT2D eigenvalue weighted by Crippen LogP contribution is 2.24. The molecule has 0 aromatic rings. The first-order chi connectivity index (χ1) is 6.27. The fourth-order valence-corrected chi connectivity index (χ4v) is 2.02. The summed E-state index contributed by atoms with van der Waals surface area (Å²) in [6.45, 7) is 3.14. The second-order valence-corrected chi connectivity index (χ2v) is 3.83. The zero-order valence-corrected chi connectivity index (χ0v) is 7.61. The van der Waals surface area contributed by atoms with E-state index in [1.807, 2.05) is 0 Å². The molecule has 2 rings (SSSR count). The predicted octanol–water partition coefficient (Wildman–Crippen LogP) is 0.182. The van der Waals surface area contributed by atoms with Crippen molar-refractivity contribution in [1.29, 1.82) is 0 Å². The maximum absolute atomic E-state index is 10.6. The van der Waals surface area contributed by atoms with E-state index in [1.165, 1.54) is 0 Å². The fraction of sp³-hybridized carbons (Fsp3) is 0.889. The lowest BCUT2D eigenvalue weighted by atomic mass is 9.95. The summed E-state index contributed by atoms with van der Waals surface area (Å²) in [6.07, 6.45) is 2.12. The second-order valence-electron chi connectivity index (χ2n) is 3.83. The minimum atomic E-state index is -0.650. The lowest BCUT2D eigenvalue weighted by Crippen LogP contribution is -2.55. The summed E-state index contributed by atoms with van der Waals surface area (Å²) >= 11 is 0. The molecule has 2 heterocycles. The van der Waals surface area contributed by atoms with Crippen LogP contribution in [0.15, 0.2) is 0 Å². The lowest BCUT2D eigenvalue weighted by Gasteiger charge is -2.43. The number of hydrogen-bond donors (Lipinski definition) is 1. The van der Waals surface area contributed by atoms with Crippen LogP contribution in [0.3, 0.4) is 0 Å². The van der Waals surface area contributed by atoms with E-state index in [0.717, 1.165) is 39.1 Å². The van der Waals surface area contributed by atoms with Crippen LogP contribution in [0.1, 0.15) is 12.8 Å². The van der Waals surface area contributed by atoms with Crippen LogP contribution >= 0.6 is 0 Å². The normalized spacial score (nSPS) is 27.1. The molecule has 2 saturated heterocycles. The van der Waals surface area contributed by atoms with Crippen LogP contribution in [0.4, 0.5) is 0 Å². The number of rotatable bonds is 2. The van der Waals surface area contributed by atoms with Crippen molar-refractivity contribution in [2.24, 2.45) is 5.92 Å². The molecule has 0 spiro atoms. The summed E-state index contributed by atoms with van der Waals surface area (Å²) in [5, 5.41) is 8.70. The Bertz CT molecular complexity index is 195. The molecule has 1 N–H and O–H groups in total. The second kappa shape index (κ2) is 3.64. The van der Waals surface area contributed by atoms with Gasteiger partial charge in [0.05, 0.1) is 5.92 Å². The highest BCUT2D eigenvalue weighted by atomic mass is 16.5. The van der Waals surface area contributed by atoms with E-state index in [9.17, 15) is 4.79 Å². The van der Waals surface area contributed by atoms with Gasteiger partial charge in [0.15, 0.2) is 0 Å². The SMILES string of the molecule is O=C(O)C1CN(C2CCOCC2)C1. The summed E-state index contributed by atoms with van der Waals surface area (Å²) in [6, 6.07) is 0.573. The van der Waals surface area contributed by atoms with Crippen LogP contribution in [0.5, 0.6) is 0 Å². The molecule has 0 amide bonds. The van der Waals surface area contributed by atoms with Gasteiger partial charge in [-0.25, -0.2) is 0 Å². The predicted molar refractivity (Wildman–Crippen MR) is 46.5 cm³/mol. The molecule has 2 fully saturated rings. The van der Waals surface area contributed by atoms with Crippen LogP contribution in [-0.4, -0.2) is 48.3 Å². The summed E-state index contributed by atoms with van der Waals surface area (Å²) in [5.74, 6) is -0.772. The molecule has 0 unspecified atom stereocenters. The number of nitrogens with zero attached hydrogens (tertiary/aromatic N) is 1. The molecule has 0 aliphatic carbocycles. The molecule has 4 heteroatoms. The minimum Gasteiger partial charge on any atom is -0.481 e. The van der Waals surface area contributed by atoms with E-state index in [2.05, 4.69) is 4.90 Å². The largest absolute Gasteiger partial charge is 0.481 e. The number of carbonyl (C=O) groups is 1. The fourth-order valence-electron chi connectivity index (χ4n) is 2.02. The molecule has 2 aliphatic heterocycles. The van der Waals surface area contributed by atoms with E-state index < -0.39 is 5.97 Å². The van der Waals surface area contributed by atoms with Crippen molar-refractivity contribution in [2.75, 3.05) is 26.3 Å². The van der Waals surface area contributed by atoms with Gasteiger partial charge >= 0.3 is 5.97 Å². The molecule has 0 radical (unpaired) electrons. The molecule has 0 aromatic heterocycles. The number of hydrogen-bond acceptors (Lipinski definition) is 3. The van der Waals surface area contributed by atoms with Gasteiger partial charge < -0.3 is 9.84 Å². The third kappa shape index (κ3) is 1.84. The van der Waals surface area contributed by atoms with Crippen LogP contribution in [0.2, 0.25) is 0 Å². The van der Waals surface area contributed by atoms with Crippen molar-refractivity contribution in [1.82, 2.24) is 4.90 Å². The smallest absolute Gasteiger partial charge is 0.309 e.